The molecule has 3 heterocycles. The largest absolute Gasteiger partial charge is 0.367 e. The second kappa shape index (κ2) is 4.33. The van der Waals surface area contributed by atoms with E-state index in [4.69, 9.17) is 0 Å². The summed E-state index contributed by atoms with van der Waals surface area (Å²) in [7, 11) is 0. The maximum atomic E-state index is 4.63. The Labute approximate surface area is 112 Å². The van der Waals surface area contributed by atoms with E-state index >= 15 is 0 Å². The smallest absolute Gasteiger partial charge is 0.133 e. The van der Waals surface area contributed by atoms with Gasteiger partial charge in [0.05, 0.1) is 0 Å². The van der Waals surface area contributed by atoms with Crippen LogP contribution in [0.5, 0.6) is 0 Å². The molecule has 1 saturated carbocycles. The molecule has 1 unspecified atom stereocenters. The van der Waals surface area contributed by atoms with Gasteiger partial charge in [-0.15, -0.1) is 0 Å². The van der Waals surface area contributed by atoms with E-state index in [2.05, 4.69) is 31.1 Å². The minimum absolute atomic E-state index is 0.450. The van der Waals surface area contributed by atoms with Crippen molar-refractivity contribution < 1.29 is 0 Å². The molecule has 1 atom stereocenters. The van der Waals surface area contributed by atoms with Gasteiger partial charge in [-0.3, -0.25) is 4.68 Å². The summed E-state index contributed by atoms with van der Waals surface area (Å²) < 4.78 is 2.09. The molecule has 19 heavy (non-hydrogen) atoms. The van der Waals surface area contributed by atoms with E-state index in [1.54, 1.807) is 0 Å². The van der Waals surface area contributed by atoms with Crippen molar-refractivity contribution in [2.24, 2.45) is 0 Å². The Bertz CT molecular complexity index is 587. The van der Waals surface area contributed by atoms with Crippen LogP contribution in [0.1, 0.15) is 36.7 Å². The second-order valence-electron chi connectivity index (χ2n) is 5.45. The fraction of sp³-hybridized carbons (Fsp3) is 0.500. The molecular weight excluding hydrogens is 238 g/mol. The van der Waals surface area contributed by atoms with Crippen molar-refractivity contribution in [3.63, 3.8) is 0 Å². The van der Waals surface area contributed by atoms with E-state index in [-0.39, 0.29) is 0 Å². The molecule has 98 valence electrons. The first-order valence-electron chi connectivity index (χ1n) is 6.98. The highest BCUT2D eigenvalue weighted by atomic mass is 15.3. The molecule has 2 aromatic rings. The lowest BCUT2D eigenvalue weighted by atomic mass is 10.0. The van der Waals surface area contributed by atoms with Crippen molar-refractivity contribution in [3.05, 3.63) is 36.0 Å². The second-order valence-corrected chi connectivity index (χ2v) is 5.45. The number of nitrogens with one attached hydrogen (secondary N) is 1. The van der Waals surface area contributed by atoms with Gasteiger partial charge in [-0.2, -0.15) is 5.10 Å². The highest BCUT2D eigenvalue weighted by molar-refractivity contribution is 5.36. The van der Waals surface area contributed by atoms with Crippen LogP contribution in [0.15, 0.2) is 24.5 Å². The van der Waals surface area contributed by atoms with Crippen molar-refractivity contribution in [2.75, 3.05) is 5.32 Å². The van der Waals surface area contributed by atoms with Crippen molar-refractivity contribution >= 4 is 5.82 Å². The average Bonchev–Trinajstić information content (AvgIpc) is 3.18. The predicted molar refractivity (Wildman–Crippen MR) is 72.0 cm³/mol. The Balaban J connectivity index is 1.48. The molecular formula is C14H17N5. The summed E-state index contributed by atoms with van der Waals surface area (Å²) in [5.41, 5.74) is 1.31. The number of hydrogen-bond donors (Lipinski definition) is 1. The van der Waals surface area contributed by atoms with E-state index in [0.29, 0.717) is 12.0 Å². The normalized spacial score (nSPS) is 22.0. The van der Waals surface area contributed by atoms with Crippen LogP contribution in [-0.4, -0.2) is 25.8 Å². The first kappa shape index (κ1) is 11.0. The van der Waals surface area contributed by atoms with Crippen molar-refractivity contribution in [3.8, 4) is 0 Å². The van der Waals surface area contributed by atoms with Crippen LogP contribution in [0.3, 0.4) is 0 Å². The number of aryl methyl sites for hydroxylation is 1. The van der Waals surface area contributed by atoms with Gasteiger partial charge >= 0.3 is 0 Å². The zero-order valence-electron chi connectivity index (χ0n) is 10.8. The number of fused-ring (bicyclic) bond motifs is 1. The minimum atomic E-state index is 0.450. The minimum Gasteiger partial charge on any atom is -0.367 e. The lowest BCUT2D eigenvalue weighted by Crippen LogP contribution is -2.30. The molecule has 0 amide bonds. The number of anilines is 1. The third-order valence-corrected chi connectivity index (χ3v) is 3.92. The quantitative estimate of drug-likeness (QED) is 0.911. The fourth-order valence-electron chi connectivity index (χ4n) is 2.69. The molecule has 0 spiro atoms. The van der Waals surface area contributed by atoms with Gasteiger partial charge in [0.1, 0.15) is 11.6 Å². The van der Waals surface area contributed by atoms with Gasteiger partial charge < -0.3 is 5.32 Å². The zero-order valence-corrected chi connectivity index (χ0v) is 10.8. The lowest BCUT2D eigenvalue weighted by Gasteiger charge is -2.24. The van der Waals surface area contributed by atoms with E-state index in [9.17, 15) is 0 Å². The van der Waals surface area contributed by atoms with Crippen LogP contribution < -0.4 is 5.32 Å². The van der Waals surface area contributed by atoms with Crippen LogP contribution >= 0.6 is 0 Å². The third-order valence-electron chi connectivity index (χ3n) is 3.92. The molecule has 0 saturated heterocycles. The van der Waals surface area contributed by atoms with E-state index < -0.39 is 0 Å². The standard InChI is InChI=1S/C14H17N5/c1-2-10(1)14-15-6-4-13(18-14)17-11-5-8-19-12(9-11)3-7-16-19/h3-4,6-7,10-11H,1-2,5,8-9H2,(H,15,17,18). The van der Waals surface area contributed by atoms with Crippen LogP contribution in [0.2, 0.25) is 0 Å². The van der Waals surface area contributed by atoms with Gasteiger partial charge in [0, 0.05) is 43.0 Å². The molecule has 4 rings (SSSR count). The number of rotatable bonds is 3. The highest BCUT2D eigenvalue weighted by Crippen LogP contribution is 2.38. The summed E-state index contributed by atoms with van der Waals surface area (Å²) in [5.74, 6) is 2.58. The Morgan fingerprint density at radius 2 is 2.11 bits per heavy atom. The molecule has 0 bridgehead atoms. The monoisotopic (exact) mass is 255 g/mol. The van der Waals surface area contributed by atoms with Crippen molar-refractivity contribution in [1.29, 1.82) is 0 Å². The molecule has 5 heteroatoms. The SMILES string of the molecule is c1cc(NC2CCn3nccc3C2)nc(C2CC2)n1. The van der Waals surface area contributed by atoms with Gasteiger partial charge in [-0.05, 0) is 31.4 Å². The fourth-order valence-corrected chi connectivity index (χ4v) is 2.69. The van der Waals surface area contributed by atoms with Gasteiger partial charge in [0.2, 0.25) is 0 Å². The van der Waals surface area contributed by atoms with Crippen molar-refractivity contribution in [1.82, 2.24) is 19.7 Å². The summed E-state index contributed by atoms with van der Waals surface area (Å²) >= 11 is 0. The highest BCUT2D eigenvalue weighted by Gasteiger charge is 2.27. The van der Waals surface area contributed by atoms with Gasteiger partial charge in [-0.25, -0.2) is 9.97 Å². The van der Waals surface area contributed by atoms with Gasteiger partial charge in [-0.1, -0.05) is 0 Å². The van der Waals surface area contributed by atoms with E-state index in [1.165, 1.54) is 18.5 Å². The number of nitrogens with zero attached hydrogens (tertiary/aromatic N) is 4. The predicted octanol–water partition coefficient (Wildman–Crippen LogP) is 1.98. The zero-order chi connectivity index (χ0) is 12.7. The molecule has 0 aromatic carbocycles. The van der Waals surface area contributed by atoms with Crippen LogP contribution in [0.4, 0.5) is 5.82 Å². The summed E-state index contributed by atoms with van der Waals surface area (Å²) in [6.07, 6.45) is 8.35. The molecule has 1 aliphatic carbocycles. The topological polar surface area (TPSA) is 55.6 Å². The van der Waals surface area contributed by atoms with Gasteiger partial charge in [0.25, 0.3) is 0 Å². The summed E-state index contributed by atoms with van der Waals surface area (Å²) in [4.78, 5) is 8.98. The third kappa shape index (κ3) is 2.20. The first-order chi connectivity index (χ1) is 9.38. The van der Waals surface area contributed by atoms with Crippen LogP contribution in [-0.2, 0) is 13.0 Å². The Kier molecular flexibility index (Phi) is 2.50. The number of hydrogen-bond acceptors (Lipinski definition) is 4. The average molecular weight is 255 g/mol. The maximum absolute atomic E-state index is 4.63. The molecule has 2 aromatic heterocycles. The van der Waals surface area contributed by atoms with Crippen LogP contribution in [0, 0.1) is 0 Å². The maximum Gasteiger partial charge on any atom is 0.133 e. The molecule has 1 fully saturated rings. The lowest BCUT2D eigenvalue weighted by molar-refractivity contribution is 0.455. The first-order valence-corrected chi connectivity index (χ1v) is 6.98. The van der Waals surface area contributed by atoms with Crippen LogP contribution in [0.25, 0.3) is 0 Å². The van der Waals surface area contributed by atoms with Crippen molar-refractivity contribution in [2.45, 2.75) is 44.2 Å². The summed E-state index contributed by atoms with van der Waals surface area (Å²) in [6, 6.07) is 4.52. The Morgan fingerprint density at radius 3 is 3.00 bits per heavy atom. The molecule has 5 nitrogen and oxygen atoms in total. The Morgan fingerprint density at radius 1 is 1.16 bits per heavy atom. The molecule has 2 aliphatic rings. The molecule has 0 radical (unpaired) electrons. The van der Waals surface area contributed by atoms with E-state index in [0.717, 1.165) is 31.0 Å². The van der Waals surface area contributed by atoms with E-state index in [1.807, 2.05) is 18.5 Å². The summed E-state index contributed by atoms with van der Waals surface area (Å²) in [6.45, 7) is 0.987. The van der Waals surface area contributed by atoms with Gasteiger partial charge in [0.15, 0.2) is 0 Å². The molecule has 1 aliphatic heterocycles. The Hall–Kier alpha value is -1.91. The summed E-state index contributed by atoms with van der Waals surface area (Å²) in [5, 5.41) is 7.85. The number of aromatic nitrogens is 4. The molecule has 1 N–H and O–H groups in total.